The number of carboxylic acid groups (broad SMARTS) is 1. The lowest BCUT2D eigenvalue weighted by atomic mass is 9.98. The second kappa shape index (κ2) is 5.80. The zero-order valence-corrected chi connectivity index (χ0v) is 11.8. The fourth-order valence-electron chi connectivity index (χ4n) is 3.48. The molecule has 1 aliphatic heterocycles. The van der Waals surface area contributed by atoms with E-state index in [9.17, 15) is 9.59 Å². The molecular weight excluding hydrogens is 244 g/mol. The van der Waals surface area contributed by atoms with Crippen LogP contribution in [-0.4, -0.2) is 40.1 Å². The summed E-state index contributed by atoms with van der Waals surface area (Å²) in [7, 11) is 0. The van der Waals surface area contributed by atoms with Gasteiger partial charge >= 0.3 is 12.0 Å². The monoisotopic (exact) mass is 268 g/mol. The highest BCUT2D eigenvalue weighted by atomic mass is 16.4. The van der Waals surface area contributed by atoms with Crippen LogP contribution in [0, 0.1) is 5.92 Å². The zero-order valence-electron chi connectivity index (χ0n) is 11.8. The van der Waals surface area contributed by atoms with Gasteiger partial charge in [0.05, 0.1) is 5.92 Å². The molecule has 0 radical (unpaired) electrons. The molecule has 108 valence electrons. The summed E-state index contributed by atoms with van der Waals surface area (Å²) in [6.45, 7) is 4.14. The number of carboxylic acids is 1. The molecule has 1 saturated carbocycles. The predicted octanol–water partition coefficient (Wildman–Crippen LogP) is 2.21. The molecule has 0 aromatic rings. The minimum Gasteiger partial charge on any atom is -0.481 e. The molecule has 1 aliphatic carbocycles. The third-order valence-electron chi connectivity index (χ3n) is 4.57. The summed E-state index contributed by atoms with van der Waals surface area (Å²) in [5, 5.41) is 12.1. The fraction of sp³-hybridized carbons (Fsp3) is 0.857. The van der Waals surface area contributed by atoms with Crippen LogP contribution in [0.15, 0.2) is 0 Å². The molecule has 4 atom stereocenters. The van der Waals surface area contributed by atoms with E-state index in [-0.39, 0.29) is 24.2 Å². The molecule has 1 saturated heterocycles. The van der Waals surface area contributed by atoms with Crippen molar-refractivity contribution in [1.29, 1.82) is 0 Å². The Balaban J connectivity index is 1.98. The fourth-order valence-corrected chi connectivity index (χ4v) is 3.48. The minimum absolute atomic E-state index is 0.0853. The van der Waals surface area contributed by atoms with Gasteiger partial charge in [-0.2, -0.15) is 0 Å². The topological polar surface area (TPSA) is 69.6 Å². The van der Waals surface area contributed by atoms with Crippen molar-refractivity contribution in [2.24, 2.45) is 5.92 Å². The van der Waals surface area contributed by atoms with Gasteiger partial charge in [-0.05, 0) is 46.0 Å². The van der Waals surface area contributed by atoms with Crippen molar-refractivity contribution in [1.82, 2.24) is 10.2 Å². The molecule has 2 aliphatic rings. The Bertz CT molecular complexity index is 349. The maximum atomic E-state index is 12.4. The summed E-state index contributed by atoms with van der Waals surface area (Å²) in [6.07, 6.45) is 5.56. The normalized spacial score (nSPS) is 35.2. The Labute approximate surface area is 114 Å². The number of carbonyl (C=O) groups excluding carboxylic acids is 1. The molecular formula is C14H24N2O3. The highest BCUT2D eigenvalue weighted by Crippen LogP contribution is 2.27. The van der Waals surface area contributed by atoms with Crippen molar-refractivity contribution in [3.63, 3.8) is 0 Å². The van der Waals surface area contributed by atoms with Crippen molar-refractivity contribution in [2.75, 3.05) is 0 Å². The van der Waals surface area contributed by atoms with Gasteiger partial charge in [0, 0.05) is 18.1 Å². The standard InChI is InChI=1S/C14H24N2O3/c1-9-5-3-6-10(2)16(9)14(19)15-12-8-4-7-11(12)13(17)18/h9-12H,3-8H2,1-2H3,(H,15,19)(H,17,18)/t9-,10+,11?,12?. The van der Waals surface area contributed by atoms with Gasteiger partial charge in [0.15, 0.2) is 0 Å². The maximum absolute atomic E-state index is 12.4. The van der Waals surface area contributed by atoms with Gasteiger partial charge in [-0.25, -0.2) is 4.79 Å². The maximum Gasteiger partial charge on any atom is 0.318 e. The van der Waals surface area contributed by atoms with E-state index in [0.717, 1.165) is 32.1 Å². The van der Waals surface area contributed by atoms with E-state index >= 15 is 0 Å². The lowest BCUT2D eigenvalue weighted by Crippen LogP contribution is -2.54. The van der Waals surface area contributed by atoms with Crippen LogP contribution in [0.25, 0.3) is 0 Å². The van der Waals surface area contributed by atoms with Crippen LogP contribution in [0.1, 0.15) is 52.4 Å². The van der Waals surface area contributed by atoms with E-state index in [0.29, 0.717) is 6.42 Å². The van der Waals surface area contributed by atoms with Gasteiger partial charge in [0.1, 0.15) is 0 Å². The van der Waals surface area contributed by atoms with Crippen LogP contribution in [0.4, 0.5) is 4.79 Å². The number of rotatable bonds is 2. The van der Waals surface area contributed by atoms with Crippen molar-refractivity contribution in [3.05, 3.63) is 0 Å². The molecule has 0 bridgehead atoms. The number of urea groups is 1. The SMILES string of the molecule is C[C@@H]1CCC[C@H](C)N1C(=O)NC1CCCC1C(=O)O. The molecule has 2 unspecified atom stereocenters. The van der Waals surface area contributed by atoms with E-state index in [1.165, 1.54) is 0 Å². The molecule has 2 amide bonds. The summed E-state index contributed by atoms with van der Waals surface area (Å²) in [5.74, 6) is -1.21. The third-order valence-corrected chi connectivity index (χ3v) is 4.57. The molecule has 5 nitrogen and oxygen atoms in total. The second-order valence-corrected chi connectivity index (χ2v) is 5.97. The highest BCUT2D eigenvalue weighted by Gasteiger charge is 2.36. The molecule has 0 spiro atoms. The predicted molar refractivity (Wildman–Crippen MR) is 71.9 cm³/mol. The first kappa shape index (κ1) is 14.2. The first-order chi connectivity index (χ1) is 9.00. The highest BCUT2D eigenvalue weighted by molar-refractivity contribution is 5.77. The largest absolute Gasteiger partial charge is 0.481 e. The van der Waals surface area contributed by atoms with E-state index in [1.54, 1.807) is 0 Å². The summed E-state index contributed by atoms with van der Waals surface area (Å²) in [5.41, 5.74) is 0. The van der Waals surface area contributed by atoms with Crippen LogP contribution in [0.5, 0.6) is 0 Å². The number of hydrogen-bond donors (Lipinski definition) is 2. The molecule has 2 rings (SSSR count). The van der Waals surface area contributed by atoms with Crippen LogP contribution in [0.3, 0.4) is 0 Å². The van der Waals surface area contributed by atoms with Gasteiger partial charge in [-0.3, -0.25) is 4.79 Å². The third kappa shape index (κ3) is 3.01. The molecule has 19 heavy (non-hydrogen) atoms. The Kier molecular flexibility index (Phi) is 4.32. The van der Waals surface area contributed by atoms with Crippen molar-refractivity contribution >= 4 is 12.0 Å². The van der Waals surface area contributed by atoms with Crippen molar-refractivity contribution in [2.45, 2.75) is 70.5 Å². The van der Waals surface area contributed by atoms with Gasteiger partial charge < -0.3 is 15.3 Å². The Morgan fingerprint density at radius 3 is 2.21 bits per heavy atom. The van der Waals surface area contributed by atoms with Gasteiger partial charge in [-0.15, -0.1) is 0 Å². The minimum atomic E-state index is -0.789. The Morgan fingerprint density at radius 1 is 1.05 bits per heavy atom. The number of nitrogens with zero attached hydrogens (tertiary/aromatic N) is 1. The number of aliphatic carboxylic acids is 1. The number of likely N-dealkylation sites (tertiary alicyclic amines) is 1. The van der Waals surface area contributed by atoms with Crippen LogP contribution in [-0.2, 0) is 4.79 Å². The van der Waals surface area contributed by atoms with Crippen molar-refractivity contribution in [3.8, 4) is 0 Å². The molecule has 1 heterocycles. The van der Waals surface area contributed by atoms with Crippen LogP contribution >= 0.6 is 0 Å². The lowest BCUT2D eigenvalue weighted by Gasteiger charge is -2.39. The molecule has 2 N–H and O–H groups in total. The quantitative estimate of drug-likeness (QED) is 0.806. The lowest BCUT2D eigenvalue weighted by molar-refractivity contribution is -0.142. The molecule has 0 aromatic heterocycles. The smallest absolute Gasteiger partial charge is 0.318 e. The first-order valence-electron chi connectivity index (χ1n) is 7.32. The average molecular weight is 268 g/mol. The average Bonchev–Trinajstić information content (AvgIpc) is 2.76. The summed E-state index contributed by atoms with van der Waals surface area (Å²) in [6, 6.07) is 0.200. The van der Waals surface area contributed by atoms with E-state index in [1.807, 2.05) is 4.90 Å². The number of carbonyl (C=O) groups is 2. The van der Waals surface area contributed by atoms with Crippen LogP contribution < -0.4 is 5.32 Å². The van der Waals surface area contributed by atoms with Crippen LogP contribution in [0.2, 0.25) is 0 Å². The first-order valence-corrected chi connectivity index (χ1v) is 7.32. The number of amides is 2. The van der Waals surface area contributed by atoms with E-state index in [2.05, 4.69) is 19.2 Å². The summed E-state index contributed by atoms with van der Waals surface area (Å²) in [4.78, 5) is 25.4. The van der Waals surface area contributed by atoms with Crippen molar-refractivity contribution < 1.29 is 14.7 Å². The second-order valence-electron chi connectivity index (χ2n) is 5.97. The molecule has 0 aromatic carbocycles. The Morgan fingerprint density at radius 2 is 1.63 bits per heavy atom. The number of nitrogens with one attached hydrogen (secondary N) is 1. The van der Waals surface area contributed by atoms with Gasteiger partial charge in [0.2, 0.25) is 0 Å². The zero-order chi connectivity index (χ0) is 14.0. The molecule has 5 heteroatoms. The molecule has 2 fully saturated rings. The number of hydrogen-bond acceptors (Lipinski definition) is 2. The Hall–Kier alpha value is -1.26. The van der Waals surface area contributed by atoms with E-state index in [4.69, 9.17) is 5.11 Å². The van der Waals surface area contributed by atoms with Gasteiger partial charge in [-0.1, -0.05) is 6.42 Å². The van der Waals surface area contributed by atoms with E-state index < -0.39 is 11.9 Å². The summed E-state index contributed by atoms with van der Waals surface area (Å²) < 4.78 is 0. The van der Waals surface area contributed by atoms with Gasteiger partial charge in [0.25, 0.3) is 0 Å². The summed E-state index contributed by atoms with van der Waals surface area (Å²) >= 11 is 0. The number of piperidine rings is 1.